The Kier molecular flexibility index (Phi) is 4.11. The highest BCUT2D eigenvalue weighted by atomic mass is 15.0. The minimum absolute atomic E-state index is 0.182. The molecule has 3 atom stereocenters. The van der Waals surface area contributed by atoms with E-state index in [4.69, 9.17) is 5.73 Å². The van der Waals surface area contributed by atoms with Crippen molar-refractivity contribution in [2.45, 2.75) is 38.9 Å². The summed E-state index contributed by atoms with van der Waals surface area (Å²) < 4.78 is 0. The van der Waals surface area contributed by atoms with Crippen LogP contribution in [-0.2, 0) is 0 Å². The molecular weight excluding hydrogens is 172 g/mol. The molecule has 3 N–H and O–H groups in total. The van der Waals surface area contributed by atoms with Gasteiger partial charge in [-0.3, -0.25) is 0 Å². The zero-order valence-electron chi connectivity index (χ0n) is 9.20. The zero-order valence-corrected chi connectivity index (χ0v) is 9.20. The molecule has 1 aromatic carbocycles. The van der Waals surface area contributed by atoms with Gasteiger partial charge in [0.2, 0.25) is 0 Å². The number of nitrogens with one attached hydrogen (secondary N) is 1. The lowest BCUT2D eigenvalue weighted by molar-refractivity contribution is 0.430. The molecular formula is C12H20N2. The Labute approximate surface area is 86.5 Å². The monoisotopic (exact) mass is 192 g/mol. The number of hydrogen-bond donors (Lipinski definition) is 2. The van der Waals surface area contributed by atoms with Crippen LogP contribution in [0.4, 0.5) is 0 Å². The standard InChI is InChI=1S/C12H20N2/c1-9(13)10(2)14-11(3)12-7-5-4-6-8-12/h4-11,14H,13H2,1-3H3/t9?,10-,11?/m0/s1. The van der Waals surface area contributed by atoms with E-state index in [0.717, 1.165) is 0 Å². The highest BCUT2D eigenvalue weighted by Crippen LogP contribution is 2.12. The van der Waals surface area contributed by atoms with Crippen molar-refractivity contribution >= 4 is 0 Å². The summed E-state index contributed by atoms with van der Waals surface area (Å²) in [4.78, 5) is 0. The fraction of sp³-hybridized carbons (Fsp3) is 0.500. The van der Waals surface area contributed by atoms with Crippen LogP contribution in [0.1, 0.15) is 32.4 Å². The Morgan fingerprint density at radius 1 is 1.07 bits per heavy atom. The van der Waals surface area contributed by atoms with Gasteiger partial charge in [0.1, 0.15) is 0 Å². The lowest BCUT2D eigenvalue weighted by Crippen LogP contribution is -2.41. The predicted molar refractivity (Wildman–Crippen MR) is 61.1 cm³/mol. The maximum absolute atomic E-state index is 5.80. The summed E-state index contributed by atoms with van der Waals surface area (Å²) in [5, 5.41) is 3.47. The van der Waals surface area contributed by atoms with Crippen LogP contribution in [0.15, 0.2) is 30.3 Å². The first-order valence-electron chi connectivity index (χ1n) is 5.18. The van der Waals surface area contributed by atoms with E-state index < -0.39 is 0 Å². The molecule has 2 nitrogen and oxygen atoms in total. The second-order valence-corrected chi connectivity index (χ2v) is 3.95. The van der Waals surface area contributed by atoms with Gasteiger partial charge in [0.15, 0.2) is 0 Å². The summed E-state index contributed by atoms with van der Waals surface area (Å²) in [7, 11) is 0. The molecule has 0 aromatic heterocycles. The van der Waals surface area contributed by atoms with E-state index in [1.807, 2.05) is 13.0 Å². The molecule has 0 bridgehead atoms. The summed E-state index contributed by atoms with van der Waals surface area (Å²) in [6.45, 7) is 6.30. The van der Waals surface area contributed by atoms with E-state index >= 15 is 0 Å². The van der Waals surface area contributed by atoms with Crippen molar-refractivity contribution in [1.82, 2.24) is 5.32 Å². The Bertz CT molecular complexity index is 256. The first-order chi connectivity index (χ1) is 6.61. The van der Waals surface area contributed by atoms with Crippen LogP contribution < -0.4 is 11.1 Å². The van der Waals surface area contributed by atoms with Crippen LogP contribution in [0.5, 0.6) is 0 Å². The van der Waals surface area contributed by atoms with Gasteiger partial charge in [-0.05, 0) is 26.3 Å². The normalized spacial score (nSPS) is 17.4. The van der Waals surface area contributed by atoms with E-state index in [1.165, 1.54) is 5.56 Å². The number of benzene rings is 1. The Morgan fingerprint density at radius 2 is 1.64 bits per heavy atom. The van der Waals surface area contributed by atoms with Gasteiger partial charge in [0.05, 0.1) is 0 Å². The summed E-state index contributed by atoms with van der Waals surface area (Å²) >= 11 is 0. The van der Waals surface area contributed by atoms with E-state index in [9.17, 15) is 0 Å². The van der Waals surface area contributed by atoms with Gasteiger partial charge in [0, 0.05) is 18.1 Å². The summed E-state index contributed by atoms with van der Waals surface area (Å²) in [5.74, 6) is 0. The van der Waals surface area contributed by atoms with Gasteiger partial charge in [-0.25, -0.2) is 0 Å². The van der Waals surface area contributed by atoms with Crippen molar-refractivity contribution in [1.29, 1.82) is 0 Å². The fourth-order valence-corrected chi connectivity index (χ4v) is 1.38. The molecule has 0 aliphatic rings. The lowest BCUT2D eigenvalue weighted by atomic mass is 10.1. The minimum atomic E-state index is 0.182. The SMILES string of the molecule is CC(N[C@@H](C)C(C)N)c1ccccc1. The van der Waals surface area contributed by atoms with Crippen molar-refractivity contribution in [3.63, 3.8) is 0 Å². The van der Waals surface area contributed by atoms with Crippen LogP contribution in [-0.4, -0.2) is 12.1 Å². The molecule has 0 amide bonds. The van der Waals surface area contributed by atoms with Crippen LogP contribution in [0, 0.1) is 0 Å². The van der Waals surface area contributed by atoms with Crippen molar-refractivity contribution in [2.75, 3.05) is 0 Å². The third kappa shape index (κ3) is 3.13. The van der Waals surface area contributed by atoms with E-state index in [-0.39, 0.29) is 6.04 Å². The average molecular weight is 192 g/mol. The third-order valence-corrected chi connectivity index (χ3v) is 2.60. The molecule has 0 heterocycles. The van der Waals surface area contributed by atoms with Crippen molar-refractivity contribution in [3.8, 4) is 0 Å². The van der Waals surface area contributed by atoms with Gasteiger partial charge in [0.25, 0.3) is 0 Å². The molecule has 2 unspecified atom stereocenters. The maximum Gasteiger partial charge on any atom is 0.0294 e. The highest BCUT2D eigenvalue weighted by Gasteiger charge is 2.11. The van der Waals surface area contributed by atoms with Gasteiger partial charge < -0.3 is 11.1 Å². The van der Waals surface area contributed by atoms with Gasteiger partial charge in [-0.2, -0.15) is 0 Å². The van der Waals surface area contributed by atoms with Crippen LogP contribution in [0.2, 0.25) is 0 Å². The molecule has 78 valence electrons. The van der Waals surface area contributed by atoms with Gasteiger partial charge >= 0.3 is 0 Å². The van der Waals surface area contributed by atoms with Crippen molar-refractivity contribution < 1.29 is 0 Å². The van der Waals surface area contributed by atoms with E-state index in [0.29, 0.717) is 12.1 Å². The molecule has 0 spiro atoms. The molecule has 1 aromatic rings. The molecule has 0 radical (unpaired) electrons. The predicted octanol–water partition coefficient (Wildman–Crippen LogP) is 2.07. The lowest BCUT2D eigenvalue weighted by Gasteiger charge is -2.23. The van der Waals surface area contributed by atoms with Crippen LogP contribution >= 0.6 is 0 Å². The highest BCUT2D eigenvalue weighted by molar-refractivity contribution is 5.18. The Balaban J connectivity index is 2.55. The number of hydrogen-bond acceptors (Lipinski definition) is 2. The summed E-state index contributed by atoms with van der Waals surface area (Å²) in [6, 6.07) is 11.3. The second-order valence-electron chi connectivity index (χ2n) is 3.95. The molecule has 0 aliphatic carbocycles. The molecule has 0 aliphatic heterocycles. The molecule has 0 saturated heterocycles. The first-order valence-corrected chi connectivity index (χ1v) is 5.18. The average Bonchev–Trinajstić information content (AvgIpc) is 2.19. The van der Waals surface area contributed by atoms with E-state index in [1.54, 1.807) is 0 Å². The first kappa shape index (κ1) is 11.2. The Hall–Kier alpha value is -0.860. The largest absolute Gasteiger partial charge is 0.327 e. The molecule has 0 saturated carbocycles. The van der Waals surface area contributed by atoms with Gasteiger partial charge in [-0.1, -0.05) is 30.3 Å². The minimum Gasteiger partial charge on any atom is -0.327 e. The van der Waals surface area contributed by atoms with Crippen LogP contribution in [0.3, 0.4) is 0 Å². The Morgan fingerprint density at radius 3 is 2.14 bits per heavy atom. The summed E-state index contributed by atoms with van der Waals surface area (Å²) in [6.07, 6.45) is 0. The van der Waals surface area contributed by atoms with Crippen molar-refractivity contribution in [3.05, 3.63) is 35.9 Å². The second kappa shape index (κ2) is 5.13. The quantitative estimate of drug-likeness (QED) is 0.766. The zero-order chi connectivity index (χ0) is 10.6. The number of rotatable bonds is 4. The smallest absolute Gasteiger partial charge is 0.0294 e. The molecule has 14 heavy (non-hydrogen) atoms. The van der Waals surface area contributed by atoms with Crippen molar-refractivity contribution in [2.24, 2.45) is 5.73 Å². The fourth-order valence-electron chi connectivity index (χ4n) is 1.38. The third-order valence-electron chi connectivity index (χ3n) is 2.60. The summed E-state index contributed by atoms with van der Waals surface area (Å²) in [5.41, 5.74) is 7.11. The molecule has 1 rings (SSSR count). The molecule has 2 heteroatoms. The topological polar surface area (TPSA) is 38.0 Å². The van der Waals surface area contributed by atoms with E-state index in [2.05, 4.69) is 43.4 Å². The maximum atomic E-state index is 5.80. The number of nitrogens with two attached hydrogens (primary N) is 1. The van der Waals surface area contributed by atoms with Crippen LogP contribution in [0.25, 0.3) is 0 Å². The molecule has 0 fully saturated rings. The van der Waals surface area contributed by atoms with Gasteiger partial charge in [-0.15, -0.1) is 0 Å².